The molecule has 1 rings (SSSR count). The SMILES string of the molecule is CCOC(=O)[C-]1CCCCC1=O.[Na+]. The van der Waals surface area contributed by atoms with Gasteiger partial charge in [0.1, 0.15) is 0 Å². The Kier molecular flexibility index (Phi) is 6.47. The second-order valence-corrected chi connectivity index (χ2v) is 2.83. The molecule has 13 heavy (non-hydrogen) atoms. The van der Waals surface area contributed by atoms with Crippen molar-refractivity contribution in [2.24, 2.45) is 0 Å². The quantitative estimate of drug-likeness (QED) is 0.297. The van der Waals surface area contributed by atoms with Gasteiger partial charge in [-0.25, -0.2) is 5.92 Å². The minimum Gasteiger partial charge on any atom is -0.488 e. The minimum atomic E-state index is -0.415. The summed E-state index contributed by atoms with van der Waals surface area (Å²) in [6, 6.07) is 0. The van der Waals surface area contributed by atoms with Gasteiger partial charge >= 0.3 is 29.6 Å². The van der Waals surface area contributed by atoms with E-state index in [9.17, 15) is 9.59 Å². The first kappa shape index (κ1) is 13.0. The van der Waals surface area contributed by atoms with E-state index in [0.29, 0.717) is 25.4 Å². The van der Waals surface area contributed by atoms with Crippen LogP contribution in [0.15, 0.2) is 0 Å². The van der Waals surface area contributed by atoms with Crippen molar-refractivity contribution in [3.8, 4) is 0 Å². The smallest absolute Gasteiger partial charge is 0.488 e. The Morgan fingerprint density at radius 1 is 1.54 bits per heavy atom. The Hall–Kier alpha value is 0.0100. The number of ketones is 1. The maximum absolute atomic E-state index is 11.2. The van der Waals surface area contributed by atoms with E-state index in [2.05, 4.69) is 0 Å². The molecule has 0 unspecified atom stereocenters. The Morgan fingerprint density at radius 2 is 2.23 bits per heavy atom. The number of Topliss-reactive ketones (excluding diaryl/α,β-unsaturated/α-hetero) is 1. The van der Waals surface area contributed by atoms with Gasteiger partial charge < -0.3 is 9.53 Å². The summed E-state index contributed by atoms with van der Waals surface area (Å²) in [7, 11) is 0. The average Bonchev–Trinajstić information content (AvgIpc) is 2.05. The predicted octanol–water partition coefficient (Wildman–Crippen LogP) is -1.73. The number of ether oxygens (including phenoxy) is 1. The van der Waals surface area contributed by atoms with Gasteiger partial charge in [0, 0.05) is 5.78 Å². The molecule has 0 radical (unpaired) electrons. The number of carbonyl (C=O) groups excluding carboxylic acids is 2. The van der Waals surface area contributed by atoms with Gasteiger partial charge in [-0.1, -0.05) is 12.8 Å². The van der Waals surface area contributed by atoms with E-state index in [1.165, 1.54) is 0 Å². The fourth-order valence-electron chi connectivity index (χ4n) is 1.31. The van der Waals surface area contributed by atoms with E-state index >= 15 is 0 Å². The van der Waals surface area contributed by atoms with Gasteiger partial charge in [-0.15, -0.1) is 6.42 Å². The van der Waals surface area contributed by atoms with Gasteiger partial charge in [-0.3, -0.25) is 4.79 Å². The number of rotatable bonds is 2. The van der Waals surface area contributed by atoms with E-state index in [4.69, 9.17) is 4.74 Å². The van der Waals surface area contributed by atoms with Crippen molar-refractivity contribution < 1.29 is 43.9 Å². The van der Waals surface area contributed by atoms with E-state index in [0.717, 1.165) is 12.8 Å². The molecule has 68 valence electrons. The van der Waals surface area contributed by atoms with Crippen molar-refractivity contribution >= 4 is 11.8 Å². The number of carbonyl (C=O) groups is 2. The van der Waals surface area contributed by atoms with Crippen LogP contribution in [0.1, 0.15) is 32.6 Å². The second kappa shape index (κ2) is 6.46. The number of hydrogen-bond acceptors (Lipinski definition) is 3. The molecule has 0 spiro atoms. The zero-order chi connectivity index (χ0) is 8.97. The van der Waals surface area contributed by atoms with E-state index in [1.807, 2.05) is 0 Å². The number of hydrogen-bond donors (Lipinski definition) is 0. The van der Waals surface area contributed by atoms with Crippen LogP contribution in [0, 0.1) is 5.92 Å². The van der Waals surface area contributed by atoms with Gasteiger partial charge in [0.05, 0.1) is 6.61 Å². The molecule has 0 aromatic heterocycles. The van der Waals surface area contributed by atoms with Gasteiger partial charge in [0.25, 0.3) is 0 Å². The van der Waals surface area contributed by atoms with Gasteiger partial charge in [-0.05, 0) is 13.3 Å². The summed E-state index contributed by atoms with van der Waals surface area (Å²) in [6.07, 6.45) is 2.94. The van der Waals surface area contributed by atoms with Crippen LogP contribution in [-0.2, 0) is 14.3 Å². The normalized spacial score (nSPS) is 16.4. The standard InChI is InChI=1S/C9H13O3.Na/c1-2-12-9(11)7-5-3-4-6-8(7)10;/h2-6H2,1H3;/q-1;+1. The minimum absolute atomic E-state index is 0. The molecule has 0 heterocycles. The van der Waals surface area contributed by atoms with Crippen molar-refractivity contribution in [2.45, 2.75) is 32.6 Å². The first-order chi connectivity index (χ1) is 5.75. The third-order valence-electron chi connectivity index (χ3n) is 1.94. The molecule has 1 aliphatic carbocycles. The largest absolute Gasteiger partial charge is 1.00 e. The molecule has 0 saturated heterocycles. The second-order valence-electron chi connectivity index (χ2n) is 2.83. The van der Waals surface area contributed by atoms with Crippen LogP contribution in [-0.4, -0.2) is 18.4 Å². The van der Waals surface area contributed by atoms with Crippen LogP contribution in [0.5, 0.6) is 0 Å². The van der Waals surface area contributed by atoms with Gasteiger partial charge in [0.15, 0.2) is 5.97 Å². The molecule has 0 atom stereocenters. The van der Waals surface area contributed by atoms with Crippen LogP contribution in [0.2, 0.25) is 0 Å². The van der Waals surface area contributed by atoms with Crippen LogP contribution in [0.25, 0.3) is 0 Å². The maximum atomic E-state index is 11.2. The summed E-state index contributed by atoms with van der Waals surface area (Å²) in [6.45, 7) is 2.08. The Morgan fingerprint density at radius 3 is 2.77 bits per heavy atom. The first-order valence-electron chi connectivity index (χ1n) is 4.32. The topological polar surface area (TPSA) is 43.4 Å². The van der Waals surface area contributed by atoms with Crippen molar-refractivity contribution in [1.29, 1.82) is 0 Å². The molecule has 4 heteroatoms. The Labute approximate surface area is 101 Å². The van der Waals surface area contributed by atoms with Crippen molar-refractivity contribution in [3.05, 3.63) is 5.92 Å². The van der Waals surface area contributed by atoms with E-state index < -0.39 is 5.97 Å². The fourth-order valence-corrected chi connectivity index (χ4v) is 1.31. The van der Waals surface area contributed by atoms with E-state index in [-0.39, 0.29) is 35.3 Å². The molecule has 0 N–H and O–H groups in total. The zero-order valence-electron chi connectivity index (χ0n) is 8.26. The maximum Gasteiger partial charge on any atom is 1.00 e. The molecular formula is C9H13NaO3. The van der Waals surface area contributed by atoms with Gasteiger partial charge in [-0.2, -0.15) is 0 Å². The third-order valence-corrected chi connectivity index (χ3v) is 1.94. The predicted molar refractivity (Wildman–Crippen MR) is 43.4 cm³/mol. The molecule has 0 aromatic rings. The fraction of sp³-hybridized carbons (Fsp3) is 0.667. The van der Waals surface area contributed by atoms with Crippen LogP contribution in [0.4, 0.5) is 0 Å². The summed E-state index contributed by atoms with van der Waals surface area (Å²) < 4.78 is 4.75. The van der Waals surface area contributed by atoms with E-state index in [1.54, 1.807) is 6.92 Å². The first-order valence-corrected chi connectivity index (χ1v) is 4.32. The molecule has 3 nitrogen and oxygen atoms in total. The van der Waals surface area contributed by atoms with Crippen LogP contribution < -0.4 is 29.6 Å². The Bertz CT molecular complexity index is 191. The molecule has 1 saturated carbocycles. The third kappa shape index (κ3) is 3.71. The average molecular weight is 192 g/mol. The summed E-state index contributed by atoms with van der Waals surface area (Å²) in [4.78, 5) is 22.3. The molecule has 0 amide bonds. The van der Waals surface area contributed by atoms with Crippen molar-refractivity contribution in [3.63, 3.8) is 0 Å². The Balaban J connectivity index is 0.00000144. The molecular weight excluding hydrogens is 179 g/mol. The van der Waals surface area contributed by atoms with Crippen LogP contribution in [0.3, 0.4) is 0 Å². The molecule has 1 aliphatic rings. The zero-order valence-corrected chi connectivity index (χ0v) is 10.3. The molecule has 0 aliphatic heterocycles. The summed E-state index contributed by atoms with van der Waals surface area (Å²) in [5.74, 6) is -0.0787. The molecule has 1 fully saturated rings. The molecule has 0 aromatic carbocycles. The van der Waals surface area contributed by atoms with Crippen LogP contribution >= 0.6 is 0 Å². The number of esters is 1. The molecule has 0 bridgehead atoms. The summed E-state index contributed by atoms with van der Waals surface area (Å²) >= 11 is 0. The van der Waals surface area contributed by atoms with Crippen molar-refractivity contribution in [2.75, 3.05) is 6.61 Å². The summed E-state index contributed by atoms with van der Waals surface area (Å²) in [5, 5.41) is 0. The monoisotopic (exact) mass is 192 g/mol. The van der Waals surface area contributed by atoms with Crippen molar-refractivity contribution in [1.82, 2.24) is 0 Å². The summed E-state index contributed by atoms with van der Waals surface area (Å²) in [5.41, 5.74) is 0. The van der Waals surface area contributed by atoms with Gasteiger partial charge in [0.2, 0.25) is 0 Å².